The van der Waals surface area contributed by atoms with Crippen molar-refractivity contribution in [2.75, 3.05) is 24.0 Å². The van der Waals surface area contributed by atoms with Crippen LogP contribution in [0, 0.1) is 5.82 Å². The van der Waals surface area contributed by atoms with Gasteiger partial charge in [0.1, 0.15) is 5.82 Å². The number of fused-ring (bicyclic) bond motifs is 1. The Labute approximate surface area is 114 Å². The molecule has 20 heavy (non-hydrogen) atoms. The van der Waals surface area contributed by atoms with Crippen LogP contribution < -0.4 is 20.9 Å². The van der Waals surface area contributed by atoms with E-state index in [1.807, 2.05) is 4.90 Å². The second-order valence-corrected chi connectivity index (χ2v) is 4.26. The Morgan fingerprint density at radius 1 is 1.35 bits per heavy atom. The molecule has 2 heterocycles. The van der Waals surface area contributed by atoms with Gasteiger partial charge in [0.2, 0.25) is 11.9 Å². The molecule has 0 spiro atoms. The van der Waals surface area contributed by atoms with Gasteiger partial charge in [0, 0.05) is 6.54 Å². The number of nitrogens with one attached hydrogen (secondary N) is 1. The second-order valence-electron chi connectivity index (χ2n) is 4.26. The average molecular weight is 276 g/mol. The summed E-state index contributed by atoms with van der Waals surface area (Å²) < 4.78 is 18.4. The maximum Gasteiger partial charge on any atom is 0.322 e. The minimum absolute atomic E-state index is 0.146. The molecule has 8 heteroatoms. The van der Waals surface area contributed by atoms with E-state index in [1.165, 1.54) is 19.2 Å². The molecule has 1 aromatic heterocycles. The highest BCUT2D eigenvalue weighted by Gasteiger charge is 2.24. The number of halogens is 1. The van der Waals surface area contributed by atoms with Gasteiger partial charge < -0.3 is 9.64 Å². The molecule has 1 aromatic carbocycles. The highest BCUT2D eigenvalue weighted by Crippen LogP contribution is 2.33. The molecular formula is C12H13FN6O. The molecule has 3 rings (SSSR count). The summed E-state index contributed by atoms with van der Waals surface area (Å²) in [6.07, 6.45) is 0.801. The zero-order chi connectivity index (χ0) is 14.1. The minimum Gasteiger partial charge on any atom is -0.467 e. The van der Waals surface area contributed by atoms with Gasteiger partial charge in [-0.3, -0.25) is 5.43 Å². The summed E-state index contributed by atoms with van der Waals surface area (Å²) >= 11 is 0. The fourth-order valence-electron chi connectivity index (χ4n) is 2.18. The molecule has 0 saturated heterocycles. The van der Waals surface area contributed by atoms with Gasteiger partial charge in [0.15, 0.2) is 0 Å². The van der Waals surface area contributed by atoms with Crippen molar-refractivity contribution in [2.24, 2.45) is 5.84 Å². The molecule has 7 nitrogen and oxygen atoms in total. The lowest BCUT2D eigenvalue weighted by molar-refractivity contribution is 0.379. The third kappa shape index (κ3) is 2.10. The molecule has 0 atom stereocenters. The maximum absolute atomic E-state index is 13.4. The van der Waals surface area contributed by atoms with Gasteiger partial charge in [-0.1, -0.05) is 6.07 Å². The van der Waals surface area contributed by atoms with Crippen molar-refractivity contribution in [3.63, 3.8) is 0 Å². The standard InChI is InChI=1S/C12H13FN6O/c1-20-12-16-10(18-14)15-11(17-12)19-5-4-7-2-3-8(13)6-9(7)19/h2-3,6H,4-5,14H2,1H3,(H,15,16,17,18). The Morgan fingerprint density at radius 2 is 2.20 bits per heavy atom. The molecule has 0 aliphatic carbocycles. The van der Waals surface area contributed by atoms with Crippen molar-refractivity contribution in [1.82, 2.24) is 15.0 Å². The number of hydrogen-bond acceptors (Lipinski definition) is 7. The van der Waals surface area contributed by atoms with Crippen LogP contribution in [0.2, 0.25) is 0 Å². The molecule has 2 aromatic rings. The second kappa shape index (κ2) is 4.89. The highest BCUT2D eigenvalue weighted by atomic mass is 19.1. The van der Waals surface area contributed by atoms with E-state index in [4.69, 9.17) is 10.6 Å². The van der Waals surface area contributed by atoms with Gasteiger partial charge in [-0.2, -0.15) is 15.0 Å². The van der Waals surface area contributed by atoms with Gasteiger partial charge >= 0.3 is 6.01 Å². The number of rotatable bonds is 3. The zero-order valence-electron chi connectivity index (χ0n) is 10.8. The summed E-state index contributed by atoms with van der Waals surface area (Å²) in [6, 6.07) is 4.83. The number of nitrogen functional groups attached to an aromatic ring is 1. The van der Waals surface area contributed by atoms with Crippen LogP contribution in [0.4, 0.5) is 22.0 Å². The van der Waals surface area contributed by atoms with Crippen molar-refractivity contribution in [3.8, 4) is 6.01 Å². The molecular weight excluding hydrogens is 263 g/mol. The van der Waals surface area contributed by atoms with E-state index < -0.39 is 0 Å². The van der Waals surface area contributed by atoms with Crippen LogP contribution in [0.25, 0.3) is 0 Å². The first-order valence-electron chi connectivity index (χ1n) is 6.04. The van der Waals surface area contributed by atoms with E-state index in [0.717, 1.165) is 17.7 Å². The molecule has 0 amide bonds. The molecule has 1 aliphatic rings. The minimum atomic E-state index is -0.297. The predicted octanol–water partition coefficient (Wildman–Crippen LogP) is 0.999. The van der Waals surface area contributed by atoms with Crippen LogP contribution in [0.5, 0.6) is 6.01 Å². The van der Waals surface area contributed by atoms with Gasteiger partial charge in [-0.05, 0) is 24.1 Å². The first-order valence-corrected chi connectivity index (χ1v) is 6.04. The molecule has 1 aliphatic heterocycles. The van der Waals surface area contributed by atoms with Crippen molar-refractivity contribution >= 4 is 17.6 Å². The third-order valence-corrected chi connectivity index (χ3v) is 3.10. The first-order chi connectivity index (χ1) is 9.71. The molecule has 0 fully saturated rings. The number of nitrogens with zero attached hydrogens (tertiary/aromatic N) is 4. The van der Waals surface area contributed by atoms with Gasteiger partial charge in [-0.25, -0.2) is 10.2 Å². The van der Waals surface area contributed by atoms with Crippen LogP contribution in [0.1, 0.15) is 5.56 Å². The number of nitrogens with two attached hydrogens (primary N) is 1. The number of ether oxygens (including phenoxy) is 1. The largest absolute Gasteiger partial charge is 0.467 e. The maximum atomic E-state index is 13.4. The molecule has 104 valence electrons. The molecule has 0 bridgehead atoms. The molecule has 3 N–H and O–H groups in total. The quantitative estimate of drug-likeness (QED) is 0.638. The van der Waals surface area contributed by atoms with Crippen LogP contribution in [-0.2, 0) is 6.42 Å². The van der Waals surface area contributed by atoms with Crippen LogP contribution in [0.3, 0.4) is 0 Å². The number of anilines is 3. The topological polar surface area (TPSA) is 89.2 Å². The van der Waals surface area contributed by atoms with E-state index >= 15 is 0 Å². The Kier molecular flexibility index (Phi) is 3.07. The van der Waals surface area contributed by atoms with E-state index in [-0.39, 0.29) is 17.8 Å². The Bertz CT molecular complexity index is 628. The van der Waals surface area contributed by atoms with E-state index in [0.29, 0.717) is 12.5 Å². The first kappa shape index (κ1) is 12.5. The number of hydrazine groups is 1. The third-order valence-electron chi connectivity index (χ3n) is 3.10. The molecule has 0 radical (unpaired) electrons. The molecule has 0 unspecified atom stereocenters. The van der Waals surface area contributed by atoms with Crippen LogP contribution >= 0.6 is 0 Å². The predicted molar refractivity (Wildman–Crippen MR) is 71.3 cm³/mol. The van der Waals surface area contributed by atoms with E-state index in [1.54, 1.807) is 6.07 Å². The summed E-state index contributed by atoms with van der Waals surface area (Å²) in [7, 11) is 1.46. The van der Waals surface area contributed by atoms with E-state index in [9.17, 15) is 4.39 Å². The van der Waals surface area contributed by atoms with E-state index in [2.05, 4.69) is 20.4 Å². The van der Waals surface area contributed by atoms with Crippen LogP contribution in [-0.4, -0.2) is 28.6 Å². The number of hydrogen-bond donors (Lipinski definition) is 2. The number of methoxy groups -OCH3 is 1. The van der Waals surface area contributed by atoms with Gasteiger partial charge in [0.05, 0.1) is 12.8 Å². The average Bonchev–Trinajstić information content (AvgIpc) is 2.89. The summed E-state index contributed by atoms with van der Waals surface area (Å²) in [5, 5.41) is 0. The zero-order valence-corrected chi connectivity index (χ0v) is 10.8. The van der Waals surface area contributed by atoms with Gasteiger partial charge in [0.25, 0.3) is 0 Å². The van der Waals surface area contributed by atoms with Crippen LogP contribution in [0.15, 0.2) is 18.2 Å². The monoisotopic (exact) mass is 276 g/mol. The SMILES string of the molecule is COc1nc(NN)nc(N2CCc3ccc(F)cc32)n1. The van der Waals surface area contributed by atoms with Crippen molar-refractivity contribution < 1.29 is 9.13 Å². The van der Waals surface area contributed by atoms with Crippen molar-refractivity contribution in [2.45, 2.75) is 6.42 Å². The van der Waals surface area contributed by atoms with Crippen molar-refractivity contribution in [3.05, 3.63) is 29.6 Å². The lowest BCUT2D eigenvalue weighted by Crippen LogP contribution is -2.20. The van der Waals surface area contributed by atoms with Crippen molar-refractivity contribution in [1.29, 1.82) is 0 Å². The highest BCUT2D eigenvalue weighted by molar-refractivity contribution is 5.66. The lowest BCUT2D eigenvalue weighted by Gasteiger charge is -2.17. The Hall–Kier alpha value is -2.48. The summed E-state index contributed by atoms with van der Waals surface area (Å²) in [4.78, 5) is 14.1. The normalized spacial score (nSPS) is 13.2. The fraction of sp³-hybridized carbons (Fsp3) is 0.250. The fourth-order valence-corrected chi connectivity index (χ4v) is 2.18. The Balaban J connectivity index is 2.05. The number of aromatic nitrogens is 3. The summed E-state index contributed by atoms with van der Waals surface area (Å²) in [5.41, 5.74) is 4.16. The number of benzene rings is 1. The molecule has 0 saturated carbocycles. The smallest absolute Gasteiger partial charge is 0.322 e. The Morgan fingerprint density at radius 3 is 2.95 bits per heavy atom. The summed E-state index contributed by atoms with van der Waals surface area (Å²) in [5.74, 6) is 5.59. The van der Waals surface area contributed by atoms with Gasteiger partial charge in [-0.15, -0.1) is 0 Å². The lowest BCUT2D eigenvalue weighted by atomic mass is 10.2. The summed E-state index contributed by atoms with van der Waals surface area (Å²) in [6.45, 7) is 0.663.